The minimum atomic E-state index is -0.158. The van der Waals surface area contributed by atoms with Crippen LogP contribution in [0.4, 0.5) is 0 Å². The summed E-state index contributed by atoms with van der Waals surface area (Å²) in [4.78, 5) is 17.0. The highest BCUT2D eigenvalue weighted by atomic mass is 32.2. The number of hydrazone groups is 1. The molecule has 3 aromatic carbocycles. The standard InChI is InChI=1S/C26H25N5OS/c1-3-30-22-11-7-5-9-19(22)20-15-18(13-14-23(20)30)16-27-29-25(32)17-33-26-28-21-10-6-8-12-24(21)31(26)4-2/h5-16H,3-4,17H2,1-2H3,(H,29,32). The number of hydrogen-bond acceptors (Lipinski definition) is 4. The molecule has 166 valence electrons. The molecule has 5 rings (SSSR count). The number of imidazole rings is 1. The van der Waals surface area contributed by atoms with Gasteiger partial charge in [0, 0.05) is 34.9 Å². The number of aryl methyl sites for hydroxylation is 2. The van der Waals surface area contributed by atoms with Crippen LogP contribution >= 0.6 is 11.8 Å². The first-order valence-electron chi connectivity index (χ1n) is 11.1. The van der Waals surface area contributed by atoms with Crippen LogP contribution in [-0.4, -0.2) is 32.0 Å². The number of para-hydroxylation sites is 3. The van der Waals surface area contributed by atoms with Crippen LogP contribution in [0.1, 0.15) is 19.4 Å². The summed E-state index contributed by atoms with van der Waals surface area (Å²) in [5, 5.41) is 7.44. The zero-order chi connectivity index (χ0) is 22.8. The molecule has 5 aromatic rings. The van der Waals surface area contributed by atoms with Crippen molar-refractivity contribution in [3.05, 3.63) is 72.3 Å². The first kappa shape index (κ1) is 21.3. The Morgan fingerprint density at radius 2 is 1.67 bits per heavy atom. The Morgan fingerprint density at radius 1 is 0.939 bits per heavy atom. The Labute approximate surface area is 196 Å². The summed E-state index contributed by atoms with van der Waals surface area (Å²) in [5.74, 6) is 0.0959. The van der Waals surface area contributed by atoms with E-state index in [4.69, 9.17) is 0 Å². The lowest BCUT2D eigenvalue weighted by atomic mass is 10.1. The van der Waals surface area contributed by atoms with E-state index >= 15 is 0 Å². The van der Waals surface area contributed by atoms with Crippen molar-refractivity contribution in [2.45, 2.75) is 32.1 Å². The van der Waals surface area contributed by atoms with E-state index in [0.29, 0.717) is 0 Å². The minimum absolute atomic E-state index is 0.158. The van der Waals surface area contributed by atoms with Gasteiger partial charge >= 0.3 is 0 Å². The maximum absolute atomic E-state index is 12.4. The molecule has 0 unspecified atom stereocenters. The van der Waals surface area contributed by atoms with Crippen molar-refractivity contribution in [1.29, 1.82) is 0 Å². The van der Waals surface area contributed by atoms with E-state index in [2.05, 4.69) is 81.0 Å². The lowest BCUT2D eigenvalue weighted by Gasteiger charge is -2.05. The monoisotopic (exact) mass is 455 g/mol. The predicted molar refractivity (Wildman–Crippen MR) is 137 cm³/mol. The maximum Gasteiger partial charge on any atom is 0.250 e. The molecule has 0 aliphatic carbocycles. The van der Waals surface area contributed by atoms with Crippen LogP contribution in [0.25, 0.3) is 32.8 Å². The van der Waals surface area contributed by atoms with E-state index < -0.39 is 0 Å². The summed E-state index contributed by atoms with van der Waals surface area (Å²) in [6, 6.07) is 22.7. The quantitative estimate of drug-likeness (QED) is 0.202. The summed E-state index contributed by atoms with van der Waals surface area (Å²) in [7, 11) is 0. The fraction of sp³-hybridized carbons (Fsp3) is 0.192. The Balaban J connectivity index is 1.28. The molecule has 0 spiro atoms. The summed E-state index contributed by atoms with van der Waals surface area (Å²) < 4.78 is 4.44. The molecule has 1 N–H and O–H groups in total. The number of benzene rings is 3. The zero-order valence-electron chi connectivity index (χ0n) is 18.7. The third kappa shape index (κ3) is 4.00. The molecule has 6 nitrogen and oxygen atoms in total. The fourth-order valence-electron chi connectivity index (χ4n) is 4.30. The second-order valence-corrected chi connectivity index (χ2v) is 8.69. The second kappa shape index (κ2) is 9.11. The van der Waals surface area contributed by atoms with Gasteiger partial charge in [-0.15, -0.1) is 0 Å². The highest BCUT2D eigenvalue weighted by Gasteiger charge is 2.12. The SMILES string of the molecule is CCn1c(SCC(=O)NN=Cc2ccc3c(c2)c2ccccc2n3CC)nc2ccccc21. The molecule has 0 fully saturated rings. The number of nitrogens with zero attached hydrogens (tertiary/aromatic N) is 4. The van der Waals surface area contributed by atoms with E-state index in [1.807, 2.05) is 24.3 Å². The van der Waals surface area contributed by atoms with Gasteiger partial charge in [-0.05, 0) is 49.7 Å². The lowest BCUT2D eigenvalue weighted by molar-refractivity contribution is -0.118. The summed E-state index contributed by atoms with van der Waals surface area (Å²) >= 11 is 1.42. The van der Waals surface area contributed by atoms with E-state index in [-0.39, 0.29) is 11.7 Å². The highest BCUT2D eigenvalue weighted by molar-refractivity contribution is 7.99. The Hall–Kier alpha value is -3.58. The number of carbonyl (C=O) groups is 1. The Bertz CT molecular complexity index is 1500. The van der Waals surface area contributed by atoms with E-state index in [1.165, 1.54) is 33.6 Å². The molecule has 2 aromatic heterocycles. The molecule has 0 bridgehead atoms. The van der Waals surface area contributed by atoms with E-state index in [0.717, 1.165) is 34.8 Å². The van der Waals surface area contributed by atoms with Gasteiger partial charge in [-0.2, -0.15) is 5.10 Å². The Morgan fingerprint density at radius 3 is 2.48 bits per heavy atom. The zero-order valence-corrected chi connectivity index (χ0v) is 19.5. The first-order valence-corrected chi connectivity index (χ1v) is 12.1. The number of carbonyl (C=O) groups excluding carboxylic acids is 1. The van der Waals surface area contributed by atoms with Gasteiger partial charge in [-0.3, -0.25) is 4.79 Å². The first-order chi connectivity index (χ1) is 16.2. The second-order valence-electron chi connectivity index (χ2n) is 7.75. The van der Waals surface area contributed by atoms with Gasteiger partial charge in [0.15, 0.2) is 5.16 Å². The van der Waals surface area contributed by atoms with Gasteiger partial charge in [0.05, 0.1) is 23.0 Å². The molecule has 0 aliphatic heterocycles. The average Bonchev–Trinajstić information content (AvgIpc) is 3.37. The van der Waals surface area contributed by atoms with Crippen LogP contribution in [0.15, 0.2) is 77.0 Å². The van der Waals surface area contributed by atoms with Crippen molar-refractivity contribution < 1.29 is 4.79 Å². The summed E-state index contributed by atoms with van der Waals surface area (Å²) in [6.07, 6.45) is 1.70. The molecule has 2 heterocycles. The van der Waals surface area contributed by atoms with Crippen molar-refractivity contribution in [3.63, 3.8) is 0 Å². The average molecular weight is 456 g/mol. The smallest absolute Gasteiger partial charge is 0.250 e. The van der Waals surface area contributed by atoms with Crippen molar-refractivity contribution in [2.75, 3.05) is 5.75 Å². The van der Waals surface area contributed by atoms with Crippen LogP contribution in [0.5, 0.6) is 0 Å². The number of amides is 1. The van der Waals surface area contributed by atoms with Crippen LogP contribution < -0.4 is 5.43 Å². The molecule has 1 amide bonds. The van der Waals surface area contributed by atoms with Crippen molar-refractivity contribution >= 4 is 56.7 Å². The van der Waals surface area contributed by atoms with Crippen molar-refractivity contribution in [1.82, 2.24) is 19.5 Å². The van der Waals surface area contributed by atoms with Gasteiger partial charge in [0.1, 0.15) is 0 Å². The van der Waals surface area contributed by atoms with Crippen LogP contribution in [-0.2, 0) is 17.9 Å². The van der Waals surface area contributed by atoms with Gasteiger partial charge in [0.25, 0.3) is 5.91 Å². The van der Waals surface area contributed by atoms with Gasteiger partial charge < -0.3 is 9.13 Å². The number of thioether (sulfide) groups is 1. The number of hydrogen-bond donors (Lipinski definition) is 1. The van der Waals surface area contributed by atoms with Crippen LogP contribution in [0.3, 0.4) is 0 Å². The largest absolute Gasteiger partial charge is 0.341 e. The molecule has 0 radical (unpaired) electrons. The molecule has 0 saturated carbocycles. The Kier molecular flexibility index (Phi) is 5.88. The number of fused-ring (bicyclic) bond motifs is 4. The highest BCUT2D eigenvalue weighted by Crippen LogP contribution is 2.29. The van der Waals surface area contributed by atoms with Crippen LogP contribution in [0.2, 0.25) is 0 Å². The number of aromatic nitrogens is 3. The van der Waals surface area contributed by atoms with Crippen molar-refractivity contribution in [3.8, 4) is 0 Å². The molecule has 33 heavy (non-hydrogen) atoms. The molecule has 0 aliphatic rings. The number of nitrogens with one attached hydrogen (secondary N) is 1. The van der Waals surface area contributed by atoms with Gasteiger partial charge in [-0.25, -0.2) is 10.4 Å². The van der Waals surface area contributed by atoms with Gasteiger partial charge in [0.2, 0.25) is 0 Å². The summed E-state index contributed by atoms with van der Waals surface area (Å²) in [5.41, 5.74) is 8.05. The van der Waals surface area contributed by atoms with E-state index in [1.54, 1.807) is 6.21 Å². The topological polar surface area (TPSA) is 64.2 Å². The normalized spacial score (nSPS) is 11.8. The maximum atomic E-state index is 12.4. The van der Waals surface area contributed by atoms with Gasteiger partial charge in [-0.1, -0.05) is 48.2 Å². The van der Waals surface area contributed by atoms with Crippen molar-refractivity contribution in [2.24, 2.45) is 5.10 Å². The third-order valence-corrected chi connectivity index (χ3v) is 6.76. The third-order valence-electron chi connectivity index (χ3n) is 5.78. The lowest BCUT2D eigenvalue weighted by Crippen LogP contribution is -2.20. The molecular formula is C26H25N5OS. The number of rotatable bonds is 7. The molecule has 7 heteroatoms. The molecule has 0 atom stereocenters. The molecular weight excluding hydrogens is 430 g/mol. The van der Waals surface area contributed by atoms with E-state index in [9.17, 15) is 4.79 Å². The predicted octanol–water partition coefficient (Wildman–Crippen LogP) is 5.43. The fourth-order valence-corrected chi connectivity index (χ4v) is 5.17. The summed E-state index contributed by atoms with van der Waals surface area (Å²) in [6.45, 7) is 5.96. The molecule has 0 saturated heterocycles. The minimum Gasteiger partial charge on any atom is -0.341 e. The van der Waals surface area contributed by atoms with Crippen LogP contribution in [0, 0.1) is 0 Å².